The van der Waals surface area contributed by atoms with E-state index in [1.165, 1.54) is 0 Å². The molecular weight excluding hydrogens is 404 g/mol. The van der Waals surface area contributed by atoms with Crippen LogP contribution in [0.5, 0.6) is 0 Å². The maximum Gasteiger partial charge on any atom is 0.257 e. The first kappa shape index (κ1) is 20.1. The summed E-state index contributed by atoms with van der Waals surface area (Å²) in [5.41, 5.74) is 2.65. The molecule has 1 amide bonds. The van der Waals surface area contributed by atoms with Gasteiger partial charge in [0.25, 0.3) is 5.91 Å². The van der Waals surface area contributed by atoms with Gasteiger partial charge in [-0.2, -0.15) is 5.10 Å². The lowest BCUT2D eigenvalue weighted by Crippen LogP contribution is -2.27. The van der Waals surface area contributed by atoms with E-state index in [1.54, 1.807) is 23.1 Å². The zero-order chi connectivity index (χ0) is 21.9. The summed E-state index contributed by atoms with van der Waals surface area (Å²) in [5, 5.41) is 9.16. The van der Waals surface area contributed by atoms with Gasteiger partial charge in [0.15, 0.2) is 0 Å². The lowest BCUT2D eigenvalue weighted by molar-refractivity contribution is 0.102. The second-order valence-electron chi connectivity index (χ2n) is 7.84. The van der Waals surface area contributed by atoms with E-state index in [1.807, 2.05) is 43.7 Å². The van der Waals surface area contributed by atoms with E-state index in [9.17, 15) is 4.79 Å². The van der Waals surface area contributed by atoms with Crippen LogP contribution in [-0.4, -0.2) is 52.0 Å². The van der Waals surface area contributed by atoms with E-state index >= 15 is 0 Å². The molecule has 162 valence electrons. The number of aryl methyl sites for hydroxylation is 1. The van der Waals surface area contributed by atoms with Crippen LogP contribution >= 0.6 is 0 Å². The molecule has 1 fully saturated rings. The zero-order valence-corrected chi connectivity index (χ0v) is 17.9. The van der Waals surface area contributed by atoms with Crippen molar-refractivity contribution >= 4 is 28.3 Å². The fourth-order valence-electron chi connectivity index (χ4n) is 3.86. The van der Waals surface area contributed by atoms with Gasteiger partial charge in [0.2, 0.25) is 0 Å². The first-order valence-corrected chi connectivity index (χ1v) is 10.6. The molecule has 1 aliphatic heterocycles. The van der Waals surface area contributed by atoms with Gasteiger partial charge < -0.3 is 15.0 Å². The second kappa shape index (κ2) is 8.76. The van der Waals surface area contributed by atoms with Crippen molar-refractivity contribution in [2.75, 3.05) is 36.5 Å². The van der Waals surface area contributed by atoms with E-state index in [-0.39, 0.29) is 5.91 Å². The highest BCUT2D eigenvalue weighted by Crippen LogP contribution is 2.25. The Morgan fingerprint density at radius 1 is 1.00 bits per heavy atom. The molecule has 1 aromatic carbocycles. The molecule has 32 heavy (non-hydrogen) atoms. The number of hydrogen-bond acceptors (Lipinski definition) is 6. The number of pyridine rings is 2. The fourth-order valence-corrected chi connectivity index (χ4v) is 3.86. The van der Waals surface area contributed by atoms with Crippen molar-refractivity contribution in [3.8, 4) is 11.1 Å². The number of aromatic nitrogens is 4. The topological polar surface area (TPSA) is 85.2 Å². The minimum absolute atomic E-state index is 0.213. The van der Waals surface area contributed by atoms with Gasteiger partial charge in [-0.25, -0.2) is 9.97 Å². The third kappa shape index (κ3) is 4.31. The molecule has 0 atom stereocenters. The second-order valence-corrected chi connectivity index (χ2v) is 7.84. The molecule has 0 saturated carbocycles. The number of anilines is 2. The highest BCUT2D eigenvalue weighted by Gasteiger charge is 2.14. The Balaban J connectivity index is 1.36. The van der Waals surface area contributed by atoms with Crippen molar-refractivity contribution in [3.05, 3.63) is 66.7 Å². The maximum atomic E-state index is 12.9. The predicted octanol–water partition coefficient (Wildman–Crippen LogP) is 3.51. The standard InChI is InChI=1S/C24H24N6O2/c1-29-16-21(15-27-29)17-3-4-19-14-26-22(12-20(19)11-17)28-24(31)18-5-6-25-23(13-18)30-7-2-9-32-10-8-30/h3-6,11-16H,2,7-10H2,1H3,(H,26,28,31). The zero-order valence-electron chi connectivity index (χ0n) is 17.9. The van der Waals surface area contributed by atoms with Gasteiger partial charge >= 0.3 is 0 Å². The quantitative estimate of drug-likeness (QED) is 0.535. The van der Waals surface area contributed by atoms with Crippen LogP contribution in [0.3, 0.4) is 0 Å². The highest BCUT2D eigenvalue weighted by atomic mass is 16.5. The molecule has 0 radical (unpaired) electrons. The average Bonchev–Trinajstić information content (AvgIpc) is 3.07. The Morgan fingerprint density at radius 3 is 2.81 bits per heavy atom. The summed E-state index contributed by atoms with van der Waals surface area (Å²) in [6, 6.07) is 11.6. The van der Waals surface area contributed by atoms with Crippen molar-refractivity contribution in [1.29, 1.82) is 0 Å². The fraction of sp³-hybridized carbons (Fsp3) is 0.250. The smallest absolute Gasteiger partial charge is 0.257 e. The third-order valence-corrected chi connectivity index (χ3v) is 5.56. The Hall–Kier alpha value is -3.78. The van der Waals surface area contributed by atoms with E-state index in [4.69, 9.17) is 4.74 Å². The van der Waals surface area contributed by atoms with Gasteiger partial charge in [0, 0.05) is 61.8 Å². The Morgan fingerprint density at radius 2 is 1.94 bits per heavy atom. The molecule has 1 N–H and O–H groups in total. The number of hydrogen-bond donors (Lipinski definition) is 1. The molecule has 4 heterocycles. The number of rotatable bonds is 4. The molecule has 4 aromatic rings. The monoisotopic (exact) mass is 428 g/mol. The first-order valence-electron chi connectivity index (χ1n) is 10.6. The van der Waals surface area contributed by atoms with Crippen LogP contribution in [-0.2, 0) is 11.8 Å². The SMILES string of the molecule is Cn1cc(-c2ccc3cnc(NC(=O)c4ccnc(N5CCCOCC5)c4)cc3c2)cn1. The molecule has 0 bridgehead atoms. The highest BCUT2D eigenvalue weighted by molar-refractivity contribution is 6.05. The summed E-state index contributed by atoms with van der Waals surface area (Å²) in [7, 11) is 1.90. The molecular formula is C24H24N6O2. The van der Waals surface area contributed by atoms with Gasteiger partial charge in [-0.15, -0.1) is 0 Å². The molecule has 3 aromatic heterocycles. The molecule has 5 rings (SSSR count). The summed E-state index contributed by atoms with van der Waals surface area (Å²) in [5.74, 6) is 1.08. The minimum Gasteiger partial charge on any atom is -0.380 e. The van der Waals surface area contributed by atoms with Crippen LogP contribution in [0.15, 0.2) is 61.2 Å². The number of nitrogens with zero attached hydrogens (tertiary/aromatic N) is 5. The minimum atomic E-state index is -0.213. The van der Waals surface area contributed by atoms with E-state index < -0.39 is 0 Å². The predicted molar refractivity (Wildman–Crippen MR) is 124 cm³/mol. The van der Waals surface area contributed by atoms with Crippen molar-refractivity contribution in [2.45, 2.75) is 6.42 Å². The van der Waals surface area contributed by atoms with Crippen LogP contribution < -0.4 is 10.2 Å². The van der Waals surface area contributed by atoms with E-state index in [0.29, 0.717) is 18.0 Å². The number of fused-ring (bicyclic) bond motifs is 1. The number of ether oxygens (including phenoxy) is 1. The first-order chi connectivity index (χ1) is 15.7. The average molecular weight is 428 g/mol. The lowest BCUT2D eigenvalue weighted by atomic mass is 10.1. The Labute approximate surface area is 185 Å². The van der Waals surface area contributed by atoms with Crippen LogP contribution in [0.1, 0.15) is 16.8 Å². The van der Waals surface area contributed by atoms with Gasteiger partial charge in [-0.3, -0.25) is 9.48 Å². The number of nitrogens with one attached hydrogen (secondary N) is 1. The van der Waals surface area contributed by atoms with Crippen molar-refractivity contribution in [3.63, 3.8) is 0 Å². The number of carbonyl (C=O) groups excluding carboxylic acids is 1. The number of amides is 1. The summed E-state index contributed by atoms with van der Waals surface area (Å²) >= 11 is 0. The Kier molecular flexibility index (Phi) is 5.51. The van der Waals surface area contributed by atoms with Crippen LogP contribution in [0.2, 0.25) is 0 Å². The van der Waals surface area contributed by atoms with E-state index in [2.05, 4.69) is 31.3 Å². The van der Waals surface area contributed by atoms with Crippen molar-refractivity contribution in [1.82, 2.24) is 19.7 Å². The van der Waals surface area contributed by atoms with Crippen molar-refractivity contribution in [2.24, 2.45) is 7.05 Å². The lowest BCUT2D eigenvalue weighted by Gasteiger charge is -2.21. The van der Waals surface area contributed by atoms with E-state index in [0.717, 1.165) is 53.8 Å². The van der Waals surface area contributed by atoms with Crippen LogP contribution in [0.4, 0.5) is 11.6 Å². The molecule has 0 aliphatic carbocycles. The number of benzene rings is 1. The molecule has 1 aliphatic rings. The van der Waals surface area contributed by atoms with Gasteiger partial charge in [0.05, 0.1) is 12.8 Å². The largest absolute Gasteiger partial charge is 0.380 e. The van der Waals surface area contributed by atoms with Gasteiger partial charge in [-0.05, 0) is 41.6 Å². The molecule has 8 nitrogen and oxygen atoms in total. The summed E-state index contributed by atoms with van der Waals surface area (Å²) < 4.78 is 7.29. The Bertz CT molecular complexity index is 1260. The summed E-state index contributed by atoms with van der Waals surface area (Å²) in [6.07, 6.45) is 8.20. The van der Waals surface area contributed by atoms with Crippen molar-refractivity contribution < 1.29 is 9.53 Å². The van der Waals surface area contributed by atoms with Crippen LogP contribution in [0, 0.1) is 0 Å². The maximum absolute atomic E-state index is 12.9. The number of carbonyl (C=O) groups is 1. The summed E-state index contributed by atoms with van der Waals surface area (Å²) in [4.78, 5) is 23.9. The molecule has 8 heteroatoms. The summed E-state index contributed by atoms with van der Waals surface area (Å²) in [6.45, 7) is 3.06. The third-order valence-electron chi connectivity index (χ3n) is 5.56. The molecule has 0 spiro atoms. The molecule has 1 saturated heterocycles. The normalized spacial score (nSPS) is 14.3. The molecule has 0 unspecified atom stereocenters. The van der Waals surface area contributed by atoms with Gasteiger partial charge in [0.1, 0.15) is 11.6 Å². The van der Waals surface area contributed by atoms with Gasteiger partial charge in [-0.1, -0.05) is 12.1 Å². The van der Waals surface area contributed by atoms with Crippen LogP contribution in [0.25, 0.3) is 21.9 Å².